The van der Waals surface area contributed by atoms with Gasteiger partial charge in [-0.25, -0.2) is 4.39 Å². The number of hydrogen-bond acceptors (Lipinski definition) is 4. The van der Waals surface area contributed by atoms with Crippen molar-refractivity contribution in [3.05, 3.63) is 65.9 Å². The molecular weight excluding hydrogens is 345 g/mol. The van der Waals surface area contributed by atoms with Crippen molar-refractivity contribution in [1.29, 1.82) is 0 Å². The second kappa shape index (κ2) is 7.70. The molecule has 0 bridgehead atoms. The van der Waals surface area contributed by atoms with Crippen LogP contribution in [0.3, 0.4) is 0 Å². The lowest BCUT2D eigenvalue weighted by Crippen LogP contribution is -2.29. The number of hydrogen-bond donors (Lipinski definition) is 0. The van der Waals surface area contributed by atoms with E-state index in [1.54, 1.807) is 12.4 Å². The largest absolute Gasteiger partial charge is 0.492 e. The van der Waals surface area contributed by atoms with Crippen molar-refractivity contribution in [3.8, 4) is 5.75 Å². The molecule has 1 amide bonds. The van der Waals surface area contributed by atoms with Crippen molar-refractivity contribution >= 4 is 16.8 Å². The molecule has 1 aliphatic rings. The first kappa shape index (κ1) is 17.4. The number of benzene rings is 1. The van der Waals surface area contributed by atoms with Gasteiger partial charge in [-0.15, -0.1) is 0 Å². The molecule has 1 aromatic carbocycles. The van der Waals surface area contributed by atoms with Gasteiger partial charge in [0.25, 0.3) is 0 Å². The van der Waals surface area contributed by atoms with Gasteiger partial charge in [0.2, 0.25) is 5.91 Å². The Morgan fingerprint density at radius 2 is 2.00 bits per heavy atom. The van der Waals surface area contributed by atoms with Gasteiger partial charge in [0.15, 0.2) is 5.82 Å². The number of halogens is 1. The van der Waals surface area contributed by atoms with Crippen LogP contribution in [0.4, 0.5) is 4.39 Å². The Bertz CT molecular complexity index is 959. The molecule has 0 spiro atoms. The van der Waals surface area contributed by atoms with E-state index in [9.17, 15) is 9.18 Å². The third-order valence-corrected chi connectivity index (χ3v) is 4.82. The van der Waals surface area contributed by atoms with Gasteiger partial charge in [-0.1, -0.05) is 12.1 Å². The number of rotatable bonds is 6. The maximum Gasteiger partial charge on any atom is 0.222 e. The van der Waals surface area contributed by atoms with E-state index in [1.165, 1.54) is 6.20 Å². The van der Waals surface area contributed by atoms with E-state index in [2.05, 4.69) is 9.97 Å². The quantitative estimate of drug-likeness (QED) is 0.672. The van der Waals surface area contributed by atoms with Crippen LogP contribution >= 0.6 is 0 Å². The van der Waals surface area contributed by atoms with Crippen molar-refractivity contribution < 1.29 is 13.9 Å². The molecule has 138 valence electrons. The van der Waals surface area contributed by atoms with Crippen LogP contribution in [0, 0.1) is 5.82 Å². The van der Waals surface area contributed by atoms with Crippen LogP contribution in [0.2, 0.25) is 0 Å². The SMILES string of the molecule is O=C1CCCN1CCOc1ccc(Cc2ccnc3c(F)cncc23)cc1. The second-order valence-electron chi connectivity index (χ2n) is 6.64. The molecule has 6 heteroatoms. The van der Waals surface area contributed by atoms with Crippen molar-refractivity contribution in [2.24, 2.45) is 0 Å². The summed E-state index contributed by atoms with van der Waals surface area (Å²) in [5, 5.41) is 0.730. The Morgan fingerprint density at radius 1 is 1.15 bits per heavy atom. The molecule has 1 saturated heterocycles. The molecule has 0 N–H and O–H groups in total. The maximum absolute atomic E-state index is 13.8. The van der Waals surface area contributed by atoms with Gasteiger partial charge in [-0.2, -0.15) is 0 Å². The fraction of sp³-hybridized carbons (Fsp3) is 0.286. The lowest BCUT2D eigenvalue weighted by molar-refractivity contribution is -0.128. The summed E-state index contributed by atoms with van der Waals surface area (Å²) in [6.45, 7) is 1.95. The number of carbonyl (C=O) groups is 1. The van der Waals surface area contributed by atoms with E-state index >= 15 is 0 Å². The molecule has 3 heterocycles. The molecule has 0 atom stereocenters. The van der Waals surface area contributed by atoms with Gasteiger partial charge in [0, 0.05) is 30.7 Å². The molecule has 2 aromatic heterocycles. The van der Waals surface area contributed by atoms with E-state index in [1.807, 2.05) is 35.2 Å². The van der Waals surface area contributed by atoms with Crippen LogP contribution in [0.5, 0.6) is 5.75 Å². The molecule has 0 aliphatic carbocycles. The minimum atomic E-state index is -0.408. The van der Waals surface area contributed by atoms with Gasteiger partial charge in [-0.05, 0) is 42.2 Å². The topological polar surface area (TPSA) is 55.3 Å². The highest BCUT2D eigenvalue weighted by atomic mass is 19.1. The Labute approximate surface area is 156 Å². The number of amides is 1. The molecule has 0 saturated carbocycles. The average Bonchev–Trinajstić information content (AvgIpc) is 3.09. The molecule has 27 heavy (non-hydrogen) atoms. The van der Waals surface area contributed by atoms with E-state index in [4.69, 9.17) is 4.74 Å². The van der Waals surface area contributed by atoms with Crippen LogP contribution in [-0.2, 0) is 11.2 Å². The number of pyridine rings is 2. The smallest absolute Gasteiger partial charge is 0.222 e. The monoisotopic (exact) mass is 365 g/mol. The van der Waals surface area contributed by atoms with Crippen LogP contribution in [0.1, 0.15) is 24.0 Å². The summed E-state index contributed by atoms with van der Waals surface area (Å²) in [4.78, 5) is 21.5. The first-order chi connectivity index (χ1) is 13.2. The fourth-order valence-electron chi connectivity index (χ4n) is 3.38. The number of aromatic nitrogens is 2. The van der Waals surface area contributed by atoms with Crippen molar-refractivity contribution in [2.75, 3.05) is 19.7 Å². The van der Waals surface area contributed by atoms with Crippen molar-refractivity contribution in [2.45, 2.75) is 19.3 Å². The van der Waals surface area contributed by atoms with E-state index < -0.39 is 5.82 Å². The fourth-order valence-corrected chi connectivity index (χ4v) is 3.38. The minimum Gasteiger partial charge on any atom is -0.492 e. The zero-order valence-corrected chi connectivity index (χ0v) is 14.9. The zero-order chi connectivity index (χ0) is 18.6. The summed E-state index contributed by atoms with van der Waals surface area (Å²) in [6, 6.07) is 9.72. The molecule has 4 rings (SSSR count). The minimum absolute atomic E-state index is 0.212. The Kier molecular flexibility index (Phi) is 4.96. The zero-order valence-electron chi connectivity index (χ0n) is 14.9. The Balaban J connectivity index is 1.39. The van der Waals surface area contributed by atoms with Gasteiger partial charge in [-0.3, -0.25) is 14.8 Å². The van der Waals surface area contributed by atoms with Gasteiger partial charge in [0.1, 0.15) is 17.9 Å². The number of likely N-dealkylation sites (tertiary alicyclic amines) is 1. The van der Waals surface area contributed by atoms with E-state index in [-0.39, 0.29) is 5.91 Å². The van der Waals surface area contributed by atoms with Gasteiger partial charge < -0.3 is 9.64 Å². The summed E-state index contributed by atoms with van der Waals surface area (Å²) in [6.07, 6.45) is 6.71. The van der Waals surface area contributed by atoms with Crippen LogP contribution < -0.4 is 4.74 Å². The highest BCUT2D eigenvalue weighted by Gasteiger charge is 2.19. The first-order valence-corrected chi connectivity index (χ1v) is 9.07. The molecule has 5 nitrogen and oxygen atoms in total. The van der Waals surface area contributed by atoms with Crippen molar-refractivity contribution in [1.82, 2.24) is 14.9 Å². The first-order valence-electron chi connectivity index (χ1n) is 9.07. The summed E-state index contributed by atoms with van der Waals surface area (Å²) in [5.41, 5.74) is 2.42. The predicted molar refractivity (Wildman–Crippen MR) is 100 cm³/mol. The van der Waals surface area contributed by atoms with Crippen LogP contribution in [0.25, 0.3) is 10.9 Å². The Hall–Kier alpha value is -3.02. The summed E-state index contributed by atoms with van der Waals surface area (Å²) in [5.74, 6) is 0.580. The normalized spacial score (nSPS) is 14.1. The van der Waals surface area contributed by atoms with Gasteiger partial charge >= 0.3 is 0 Å². The molecule has 0 radical (unpaired) electrons. The predicted octanol–water partition coefficient (Wildman–Crippen LogP) is 3.36. The van der Waals surface area contributed by atoms with E-state index in [0.29, 0.717) is 31.5 Å². The highest BCUT2D eigenvalue weighted by molar-refractivity contribution is 5.81. The lowest BCUT2D eigenvalue weighted by atomic mass is 10.0. The average molecular weight is 365 g/mol. The third-order valence-electron chi connectivity index (χ3n) is 4.82. The third kappa shape index (κ3) is 3.89. The molecule has 1 fully saturated rings. The molecular formula is C21H20FN3O2. The molecule has 3 aromatic rings. The van der Waals surface area contributed by atoms with Crippen LogP contribution in [-0.4, -0.2) is 40.5 Å². The lowest BCUT2D eigenvalue weighted by Gasteiger charge is -2.15. The molecule has 0 unspecified atom stereocenters. The number of ether oxygens (including phenoxy) is 1. The standard InChI is InChI=1S/C21H20FN3O2/c22-19-14-23-13-18-16(7-8-24-21(18)19)12-15-3-5-17(6-4-15)27-11-10-25-9-1-2-20(25)26/h3-8,13-14H,1-2,9-12H2. The highest BCUT2D eigenvalue weighted by Crippen LogP contribution is 2.22. The van der Waals surface area contributed by atoms with Crippen LogP contribution in [0.15, 0.2) is 48.9 Å². The number of carbonyl (C=O) groups excluding carboxylic acids is 1. The summed E-state index contributed by atoms with van der Waals surface area (Å²) >= 11 is 0. The summed E-state index contributed by atoms with van der Waals surface area (Å²) in [7, 11) is 0. The second-order valence-corrected chi connectivity index (χ2v) is 6.64. The number of nitrogens with zero attached hydrogens (tertiary/aromatic N) is 3. The summed E-state index contributed by atoms with van der Waals surface area (Å²) < 4.78 is 19.6. The van der Waals surface area contributed by atoms with Crippen molar-refractivity contribution in [3.63, 3.8) is 0 Å². The van der Waals surface area contributed by atoms with E-state index in [0.717, 1.165) is 35.2 Å². The number of fused-ring (bicyclic) bond motifs is 1. The maximum atomic E-state index is 13.8. The molecule has 1 aliphatic heterocycles. The Morgan fingerprint density at radius 3 is 2.78 bits per heavy atom. The van der Waals surface area contributed by atoms with Gasteiger partial charge in [0.05, 0.1) is 12.7 Å².